The highest BCUT2D eigenvalue weighted by Gasteiger charge is 2.32. The summed E-state index contributed by atoms with van der Waals surface area (Å²) >= 11 is 0. The summed E-state index contributed by atoms with van der Waals surface area (Å²) in [6.45, 7) is 2.92. The lowest BCUT2D eigenvalue weighted by Gasteiger charge is -2.35. The van der Waals surface area contributed by atoms with E-state index in [2.05, 4.69) is 0 Å². The molecule has 0 aliphatic carbocycles. The number of amides is 1. The average molecular weight is 291 g/mol. The molecule has 2 rings (SSSR count). The molecule has 1 aliphatic rings. The highest BCUT2D eigenvalue weighted by molar-refractivity contribution is 5.79. The van der Waals surface area contributed by atoms with Crippen LogP contribution in [0.25, 0.3) is 0 Å². The highest BCUT2D eigenvalue weighted by Crippen LogP contribution is 2.24. The first-order valence-electron chi connectivity index (χ1n) is 7.14. The summed E-state index contributed by atoms with van der Waals surface area (Å²) in [5.74, 6) is -0.337. The van der Waals surface area contributed by atoms with Crippen molar-refractivity contribution in [3.63, 3.8) is 0 Å². The third-order valence-corrected chi connectivity index (χ3v) is 4.06. The molecule has 1 heterocycles. The van der Waals surface area contributed by atoms with E-state index in [0.29, 0.717) is 25.9 Å². The molecule has 0 aromatic heterocycles. The Hall–Kier alpha value is -2.04. The maximum absolute atomic E-state index is 12.3. The minimum Gasteiger partial charge on any atom is -0.497 e. The van der Waals surface area contributed by atoms with E-state index in [4.69, 9.17) is 9.84 Å². The quantitative estimate of drug-likeness (QED) is 0.918. The molecule has 1 N–H and O–H groups in total. The van der Waals surface area contributed by atoms with Gasteiger partial charge < -0.3 is 14.7 Å². The van der Waals surface area contributed by atoms with Crippen LogP contribution in [0.3, 0.4) is 0 Å². The fourth-order valence-electron chi connectivity index (χ4n) is 2.81. The minimum atomic E-state index is -0.762. The number of aliphatic carboxylic acids is 1. The van der Waals surface area contributed by atoms with Gasteiger partial charge in [0.15, 0.2) is 0 Å². The maximum atomic E-state index is 12.3. The number of rotatable bonds is 4. The first-order chi connectivity index (χ1) is 10.0. The van der Waals surface area contributed by atoms with Gasteiger partial charge in [-0.25, -0.2) is 0 Å². The zero-order chi connectivity index (χ0) is 15.4. The van der Waals surface area contributed by atoms with Gasteiger partial charge in [-0.05, 0) is 30.0 Å². The van der Waals surface area contributed by atoms with Crippen LogP contribution in [0.1, 0.15) is 18.9 Å². The van der Waals surface area contributed by atoms with Crippen molar-refractivity contribution in [1.29, 1.82) is 0 Å². The van der Waals surface area contributed by atoms with E-state index in [1.807, 2.05) is 31.2 Å². The fourth-order valence-corrected chi connectivity index (χ4v) is 2.81. The highest BCUT2D eigenvalue weighted by atomic mass is 16.5. The molecule has 2 atom stereocenters. The van der Waals surface area contributed by atoms with Crippen LogP contribution < -0.4 is 4.74 Å². The molecule has 2 unspecified atom stereocenters. The number of benzene rings is 1. The summed E-state index contributed by atoms with van der Waals surface area (Å²) in [5.41, 5.74) is 0.910. The van der Waals surface area contributed by atoms with Crippen LogP contribution in [0.5, 0.6) is 5.75 Å². The van der Waals surface area contributed by atoms with Crippen LogP contribution in [-0.4, -0.2) is 42.1 Å². The Bertz CT molecular complexity index is 529. The topological polar surface area (TPSA) is 66.8 Å². The van der Waals surface area contributed by atoms with Crippen LogP contribution in [0.4, 0.5) is 0 Å². The number of ether oxygens (including phenoxy) is 1. The molecular formula is C16H21NO4. The molecule has 5 heteroatoms. The second kappa shape index (κ2) is 6.61. The normalized spacial score (nSPS) is 21.9. The molecule has 114 valence electrons. The zero-order valence-corrected chi connectivity index (χ0v) is 12.4. The number of methoxy groups -OCH3 is 1. The van der Waals surface area contributed by atoms with Crippen LogP contribution in [-0.2, 0) is 16.0 Å². The molecule has 1 aromatic carbocycles. The standard InChI is InChI=1S/C16H21NO4/c1-11-10-17(7-6-14(11)16(19)20)15(18)9-12-4-3-5-13(8-12)21-2/h3-5,8,11,14H,6-7,9-10H2,1-2H3,(H,19,20). The van der Waals surface area contributed by atoms with Crippen LogP contribution in [0.2, 0.25) is 0 Å². The first kappa shape index (κ1) is 15.4. The van der Waals surface area contributed by atoms with Gasteiger partial charge in [-0.15, -0.1) is 0 Å². The molecule has 1 aliphatic heterocycles. The van der Waals surface area contributed by atoms with E-state index in [9.17, 15) is 9.59 Å². The molecule has 0 saturated carbocycles. The summed E-state index contributed by atoms with van der Waals surface area (Å²) in [4.78, 5) is 25.2. The van der Waals surface area contributed by atoms with E-state index >= 15 is 0 Å². The van der Waals surface area contributed by atoms with E-state index < -0.39 is 5.97 Å². The van der Waals surface area contributed by atoms with E-state index in [1.54, 1.807) is 12.0 Å². The fraction of sp³-hybridized carbons (Fsp3) is 0.500. The molecule has 1 aromatic rings. The Labute approximate surface area is 124 Å². The maximum Gasteiger partial charge on any atom is 0.306 e. The van der Waals surface area contributed by atoms with Crippen molar-refractivity contribution in [1.82, 2.24) is 4.90 Å². The Kier molecular flexibility index (Phi) is 4.83. The molecule has 0 spiro atoms. The lowest BCUT2D eigenvalue weighted by atomic mass is 9.87. The van der Waals surface area contributed by atoms with Gasteiger partial charge in [0.1, 0.15) is 5.75 Å². The van der Waals surface area contributed by atoms with E-state index in [-0.39, 0.29) is 17.7 Å². The monoisotopic (exact) mass is 291 g/mol. The third kappa shape index (κ3) is 3.74. The number of likely N-dealkylation sites (tertiary alicyclic amines) is 1. The second-order valence-electron chi connectivity index (χ2n) is 5.58. The molecule has 5 nitrogen and oxygen atoms in total. The number of carbonyl (C=O) groups is 2. The van der Waals surface area contributed by atoms with E-state index in [0.717, 1.165) is 11.3 Å². The van der Waals surface area contributed by atoms with Gasteiger partial charge in [0.05, 0.1) is 19.4 Å². The number of carboxylic acid groups (broad SMARTS) is 1. The molecule has 0 bridgehead atoms. The summed E-state index contributed by atoms with van der Waals surface area (Å²) in [5, 5.41) is 9.11. The van der Waals surface area contributed by atoms with Crippen molar-refractivity contribution in [2.45, 2.75) is 19.8 Å². The number of piperidine rings is 1. The predicted octanol–water partition coefficient (Wildman–Crippen LogP) is 1.81. The molecule has 1 amide bonds. The summed E-state index contributed by atoms with van der Waals surface area (Å²) in [6.07, 6.45) is 0.849. The summed E-state index contributed by atoms with van der Waals surface area (Å²) in [6, 6.07) is 7.45. The van der Waals surface area contributed by atoms with Gasteiger partial charge in [-0.3, -0.25) is 9.59 Å². The predicted molar refractivity (Wildman–Crippen MR) is 78.2 cm³/mol. The van der Waals surface area contributed by atoms with Crippen LogP contribution in [0.15, 0.2) is 24.3 Å². The van der Waals surface area contributed by atoms with Gasteiger partial charge in [0.25, 0.3) is 0 Å². The first-order valence-corrected chi connectivity index (χ1v) is 7.14. The van der Waals surface area contributed by atoms with Gasteiger partial charge in [-0.1, -0.05) is 19.1 Å². The number of hydrogen-bond donors (Lipinski definition) is 1. The van der Waals surface area contributed by atoms with E-state index in [1.165, 1.54) is 0 Å². The van der Waals surface area contributed by atoms with Gasteiger partial charge >= 0.3 is 5.97 Å². The Morgan fingerprint density at radius 1 is 1.43 bits per heavy atom. The SMILES string of the molecule is COc1cccc(CC(=O)N2CCC(C(=O)O)C(C)C2)c1. The Morgan fingerprint density at radius 2 is 2.19 bits per heavy atom. The molecule has 0 radical (unpaired) electrons. The van der Waals surface area contributed by atoms with Crippen LogP contribution >= 0.6 is 0 Å². The zero-order valence-electron chi connectivity index (χ0n) is 12.4. The molecule has 1 fully saturated rings. The largest absolute Gasteiger partial charge is 0.497 e. The van der Waals surface area contributed by atoms with Gasteiger partial charge in [0.2, 0.25) is 5.91 Å². The summed E-state index contributed by atoms with van der Waals surface area (Å²) in [7, 11) is 1.60. The Balaban J connectivity index is 1.96. The number of carbonyl (C=O) groups excluding carboxylic acids is 1. The van der Waals surface area contributed by atoms with Crippen molar-refractivity contribution in [2.24, 2.45) is 11.8 Å². The summed E-state index contributed by atoms with van der Waals surface area (Å²) < 4.78 is 5.15. The van der Waals surface area contributed by atoms with Gasteiger partial charge in [0, 0.05) is 13.1 Å². The molecule has 21 heavy (non-hydrogen) atoms. The van der Waals surface area contributed by atoms with Crippen molar-refractivity contribution in [3.05, 3.63) is 29.8 Å². The number of hydrogen-bond acceptors (Lipinski definition) is 3. The van der Waals surface area contributed by atoms with Crippen molar-refractivity contribution >= 4 is 11.9 Å². The Morgan fingerprint density at radius 3 is 2.81 bits per heavy atom. The van der Waals surface area contributed by atoms with Crippen LogP contribution in [0, 0.1) is 11.8 Å². The third-order valence-electron chi connectivity index (χ3n) is 4.06. The van der Waals surface area contributed by atoms with Crippen molar-refractivity contribution < 1.29 is 19.4 Å². The van der Waals surface area contributed by atoms with Gasteiger partial charge in [-0.2, -0.15) is 0 Å². The lowest BCUT2D eigenvalue weighted by Crippen LogP contribution is -2.45. The minimum absolute atomic E-state index is 0.00879. The number of carboxylic acids is 1. The number of nitrogens with zero attached hydrogens (tertiary/aromatic N) is 1. The second-order valence-corrected chi connectivity index (χ2v) is 5.58. The molecular weight excluding hydrogens is 270 g/mol. The van der Waals surface area contributed by atoms with Crippen molar-refractivity contribution in [2.75, 3.05) is 20.2 Å². The average Bonchev–Trinajstić information content (AvgIpc) is 2.46. The molecule has 1 saturated heterocycles. The van der Waals surface area contributed by atoms with Crippen molar-refractivity contribution in [3.8, 4) is 5.75 Å². The smallest absolute Gasteiger partial charge is 0.306 e. The lowest BCUT2D eigenvalue weighted by molar-refractivity contribution is -0.148.